The van der Waals surface area contributed by atoms with E-state index in [0.717, 1.165) is 0 Å². The summed E-state index contributed by atoms with van der Waals surface area (Å²) in [5, 5.41) is 0. The second-order valence-electron chi connectivity index (χ2n) is 1.24. The van der Waals surface area contributed by atoms with E-state index in [1.54, 1.807) is 12.3 Å². The van der Waals surface area contributed by atoms with Gasteiger partial charge in [0.1, 0.15) is 12.1 Å². The van der Waals surface area contributed by atoms with Crippen LogP contribution in [0.4, 0.5) is 5.82 Å². The molecule has 0 spiro atoms. The fourth-order valence-electron chi connectivity index (χ4n) is 0.376. The maximum Gasteiger partial charge on any atom is 0.143 e. The van der Waals surface area contributed by atoms with Gasteiger partial charge in [-0.3, -0.25) is 0 Å². The van der Waals surface area contributed by atoms with E-state index in [1.165, 1.54) is 6.33 Å². The van der Waals surface area contributed by atoms with Gasteiger partial charge in [0.2, 0.25) is 0 Å². The second-order valence-corrected chi connectivity index (χ2v) is 1.24. The molecule has 0 aliphatic rings. The van der Waals surface area contributed by atoms with Crippen molar-refractivity contribution >= 4 is 18.2 Å². The van der Waals surface area contributed by atoms with Crippen LogP contribution >= 0.6 is 12.4 Å². The zero-order valence-electron chi connectivity index (χ0n) is 4.61. The van der Waals surface area contributed by atoms with E-state index in [0.29, 0.717) is 5.82 Å². The van der Waals surface area contributed by atoms with E-state index in [2.05, 4.69) is 15.4 Å². The van der Waals surface area contributed by atoms with Gasteiger partial charge in [0.25, 0.3) is 0 Å². The zero-order chi connectivity index (χ0) is 5.82. The van der Waals surface area contributed by atoms with Crippen LogP contribution in [0.25, 0.3) is 0 Å². The Bertz CT molecular complexity index is 154. The third kappa shape index (κ3) is 2.25. The van der Waals surface area contributed by atoms with Crippen molar-refractivity contribution in [2.24, 2.45) is 5.84 Å². The van der Waals surface area contributed by atoms with Gasteiger partial charge in [0.15, 0.2) is 0 Å². The van der Waals surface area contributed by atoms with Gasteiger partial charge in [0, 0.05) is 12.3 Å². The van der Waals surface area contributed by atoms with Crippen LogP contribution in [-0.4, -0.2) is 9.97 Å². The molecule has 0 bridgehead atoms. The van der Waals surface area contributed by atoms with Crippen molar-refractivity contribution in [2.75, 3.05) is 5.43 Å². The number of nitrogens with zero attached hydrogens (tertiary/aromatic N) is 2. The Morgan fingerprint density at radius 2 is 2.33 bits per heavy atom. The van der Waals surface area contributed by atoms with Gasteiger partial charge < -0.3 is 5.43 Å². The minimum absolute atomic E-state index is 0. The van der Waals surface area contributed by atoms with Crippen molar-refractivity contribution in [3.05, 3.63) is 18.6 Å². The lowest BCUT2D eigenvalue weighted by Gasteiger charge is -1.92. The first kappa shape index (κ1) is 8.13. The van der Waals surface area contributed by atoms with E-state index < -0.39 is 0 Å². The van der Waals surface area contributed by atoms with Gasteiger partial charge in [-0.2, -0.15) is 0 Å². The van der Waals surface area contributed by atoms with Crippen LogP contribution in [0.3, 0.4) is 0 Å². The van der Waals surface area contributed by atoms with Crippen LogP contribution in [0, 0.1) is 0 Å². The number of anilines is 1. The maximum atomic E-state index is 5.01. The number of nitrogens with two attached hydrogens (primary N) is 1. The zero-order valence-corrected chi connectivity index (χ0v) is 5.43. The summed E-state index contributed by atoms with van der Waals surface area (Å²) in [4.78, 5) is 7.44. The molecule has 0 unspecified atom stereocenters. The predicted octanol–water partition coefficient (Wildman–Crippen LogP) is 0.184. The Morgan fingerprint density at radius 1 is 1.56 bits per heavy atom. The quantitative estimate of drug-likeness (QED) is 0.439. The molecule has 1 rings (SSSR count). The molecule has 0 aliphatic heterocycles. The van der Waals surface area contributed by atoms with Gasteiger partial charge in [0.05, 0.1) is 0 Å². The average molecular weight is 147 g/mol. The van der Waals surface area contributed by atoms with Gasteiger partial charge in [-0.25, -0.2) is 15.8 Å². The third-order valence-electron chi connectivity index (χ3n) is 0.730. The Morgan fingerprint density at radius 3 is 2.67 bits per heavy atom. The highest BCUT2D eigenvalue weighted by molar-refractivity contribution is 5.85. The highest BCUT2D eigenvalue weighted by atomic mass is 35.5. The molecule has 9 heavy (non-hydrogen) atoms. The molecule has 4 nitrogen and oxygen atoms in total. The average Bonchev–Trinajstić information content (AvgIpc) is 1.90. The highest BCUT2D eigenvalue weighted by Gasteiger charge is 1.80. The number of hydrogen-bond donors (Lipinski definition) is 2. The molecule has 0 saturated carbocycles. The van der Waals surface area contributed by atoms with Crippen LogP contribution in [0.1, 0.15) is 0 Å². The number of nitrogen functional groups attached to an aromatic ring is 1. The molecule has 0 saturated heterocycles. The van der Waals surface area contributed by atoms with Crippen LogP contribution in [0.5, 0.6) is 0 Å². The first-order chi connectivity index (χ1) is 3.93. The molecule has 0 aromatic carbocycles. The van der Waals surface area contributed by atoms with E-state index in [4.69, 9.17) is 5.84 Å². The molecule has 5 heteroatoms. The van der Waals surface area contributed by atoms with Gasteiger partial charge in [-0.1, -0.05) is 0 Å². The molecule has 50 valence electrons. The Kier molecular flexibility index (Phi) is 3.66. The summed E-state index contributed by atoms with van der Waals surface area (Å²) in [6.45, 7) is 0. The largest absolute Gasteiger partial charge is 0.308 e. The lowest BCUT2D eigenvalue weighted by atomic mass is 10.6. The van der Waals surface area contributed by atoms with Crippen LogP contribution < -0.4 is 11.3 Å². The molecule has 0 aliphatic carbocycles. The summed E-state index contributed by atoms with van der Waals surface area (Å²) in [6.07, 6.45) is 3.04. The third-order valence-corrected chi connectivity index (χ3v) is 0.730. The summed E-state index contributed by atoms with van der Waals surface area (Å²) < 4.78 is 0. The Labute approximate surface area is 58.9 Å². The van der Waals surface area contributed by atoms with Crippen molar-refractivity contribution in [1.82, 2.24) is 9.97 Å². The maximum absolute atomic E-state index is 5.01. The number of aromatic nitrogens is 2. The standard InChI is InChI=1S/C4H6N4.ClH/c5-8-4-1-2-6-3-7-4;/h1-3H,5H2,(H,6,7,8);1H. The van der Waals surface area contributed by atoms with E-state index in [1.807, 2.05) is 0 Å². The fraction of sp³-hybridized carbons (Fsp3) is 0. The first-order valence-corrected chi connectivity index (χ1v) is 2.16. The molecule has 1 aromatic rings. The van der Waals surface area contributed by atoms with Crippen molar-refractivity contribution in [2.45, 2.75) is 0 Å². The topological polar surface area (TPSA) is 63.8 Å². The highest BCUT2D eigenvalue weighted by Crippen LogP contribution is 1.91. The predicted molar refractivity (Wildman–Crippen MR) is 37.1 cm³/mol. The van der Waals surface area contributed by atoms with Gasteiger partial charge >= 0.3 is 0 Å². The molecule has 0 fully saturated rings. The molecule has 1 heterocycles. The first-order valence-electron chi connectivity index (χ1n) is 2.16. The van der Waals surface area contributed by atoms with E-state index in [9.17, 15) is 0 Å². The van der Waals surface area contributed by atoms with Crippen molar-refractivity contribution in [1.29, 1.82) is 0 Å². The normalized spacial score (nSPS) is 7.67. The molecule has 3 N–H and O–H groups in total. The van der Waals surface area contributed by atoms with Crippen molar-refractivity contribution < 1.29 is 0 Å². The molecular weight excluding hydrogens is 140 g/mol. The van der Waals surface area contributed by atoms with Gasteiger partial charge in [-0.05, 0) is 0 Å². The summed E-state index contributed by atoms with van der Waals surface area (Å²) >= 11 is 0. The summed E-state index contributed by atoms with van der Waals surface area (Å²) in [5.74, 6) is 5.63. The van der Waals surface area contributed by atoms with Gasteiger partial charge in [-0.15, -0.1) is 12.4 Å². The Balaban J connectivity index is 0.000000640. The minimum atomic E-state index is 0. The molecule has 0 radical (unpaired) electrons. The van der Waals surface area contributed by atoms with Crippen LogP contribution in [-0.2, 0) is 0 Å². The van der Waals surface area contributed by atoms with Crippen LogP contribution in [0.2, 0.25) is 0 Å². The summed E-state index contributed by atoms with van der Waals surface area (Å²) in [5.41, 5.74) is 2.38. The molecule has 1 aromatic heterocycles. The van der Waals surface area contributed by atoms with E-state index >= 15 is 0 Å². The SMILES string of the molecule is Cl.NNc1ccncn1. The second kappa shape index (κ2) is 4.05. The summed E-state index contributed by atoms with van der Waals surface area (Å²) in [6, 6.07) is 1.68. The number of rotatable bonds is 1. The minimum Gasteiger partial charge on any atom is -0.308 e. The number of nitrogens with one attached hydrogen (secondary N) is 1. The molecule has 0 atom stereocenters. The molecular formula is C4H7ClN4. The number of hydrazine groups is 1. The number of halogens is 1. The lowest BCUT2D eigenvalue weighted by molar-refractivity contribution is 1.14. The van der Waals surface area contributed by atoms with Crippen LogP contribution in [0.15, 0.2) is 18.6 Å². The fourth-order valence-corrected chi connectivity index (χ4v) is 0.376. The lowest BCUT2D eigenvalue weighted by Crippen LogP contribution is -2.07. The van der Waals surface area contributed by atoms with Crippen molar-refractivity contribution in [3.8, 4) is 0 Å². The molecule has 0 amide bonds. The monoisotopic (exact) mass is 146 g/mol. The van der Waals surface area contributed by atoms with Crippen molar-refractivity contribution in [3.63, 3.8) is 0 Å². The Hall–Kier alpha value is -0.870. The summed E-state index contributed by atoms with van der Waals surface area (Å²) in [7, 11) is 0. The van der Waals surface area contributed by atoms with E-state index in [-0.39, 0.29) is 12.4 Å². The smallest absolute Gasteiger partial charge is 0.143 e. The number of hydrogen-bond acceptors (Lipinski definition) is 4.